The van der Waals surface area contributed by atoms with Crippen LogP contribution < -0.4 is 11.0 Å². The van der Waals surface area contributed by atoms with Crippen LogP contribution in [0.5, 0.6) is 0 Å². The minimum Gasteiger partial charge on any atom is -0.373 e. The lowest BCUT2D eigenvalue weighted by atomic mass is 10.2. The van der Waals surface area contributed by atoms with E-state index < -0.39 is 0 Å². The zero-order valence-corrected chi connectivity index (χ0v) is 7.72. The lowest BCUT2D eigenvalue weighted by Crippen LogP contribution is -2.15. The van der Waals surface area contributed by atoms with Crippen LogP contribution >= 0.6 is 0 Å². The second-order valence-electron chi connectivity index (χ2n) is 3.27. The minimum atomic E-state index is -0.279. The van der Waals surface area contributed by atoms with Gasteiger partial charge in [-0.2, -0.15) is 4.98 Å². The third-order valence-corrected chi connectivity index (χ3v) is 2.21. The maximum Gasteiger partial charge on any atom is 0.347 e. The molecule has 0 unspecified atom stereocenters. The fourth-order valence-corrected chi connectivity index (χ4v) is 1.65. The second kappa shape index (κ2) is 2.85. The normalized spacial score (nSPS) is 15.8. The van der Waals surface area contributed by atoms with Gasteiger partial charge in [0.25, 0.3) is 0 Å². The summed E-state index contributed by atoms with van der Waals surface area (Å²) in [6.07, 6.45) is 0. The Morgan fingerprint density at radius 1 is 1.54 bits per heavy atom. The Morgan fingerprint density at radius 2 is 2.31 bits per heavy atom. The number of nitrogens with one attached hydrogen (secondary N) is 2. The van der Waals surface area contributed by atoms with Gasteiger partial charge < -0.3 is 10.3 Å². The van der Waals surface area contributed by atoms with E-state index in [2.05, 4.69) is 20.2 Å². The average molecular weight is 180 g/mol. The van der Waals surface area contributed by atoms with Crippen LogP contribution in [0.2, 0.25) is 0 Å². The lowest BCUT2D eigenvalue weighted by molar-refractivity contribution is 0.351. The second-order valence-corrected chi connectivity index (χ2v) is 3.27. The number of aromatic amines is 1. The monoisotopic (exact) mass is 180 g/mol. The number of hydrogen-bond donors (Lipinski definition) is 2. The molecular weight excluding hydrogens is 168 g/mol. The van der Waals surface area contributed by atoms with Gasteiger partial charge in [-0.1, -0.05) is 0 Å². The Labute approximate surface area is 75.8 Å². The number of nitrogens with zero attached hydrogens (tertiary/aromatic N) is 2. The molecule has 1 aromatic rings. The number of aromatic nitrogens is 2. The fourth-order valence-electron chi connectivity index (χ4n) is 1.65. The third kappa shape index (κ3) is 1.31. The van der Waals surface area contributed by atoms with Gasteiger partial charge in [-0.3, -0.25) is 4.90 Å². The van der Waals surface area contributed by atoms with Crippen molar-refractivity contribution in [2.24, 2.45) is 0 Å². The van der Waals surface area contributed by atoms with E-state index in [9.17, 15) is 4.79 Å². The summed E-state index contributed by atoms with van der Waals surface area (Å²) in [6, 6.07) is 0. The van der Waals surface area contributed by atoms with E-state index in [1.807, 2.05) is 7.05 Å². The van der Waals surface area contributed by atoms with Gasteiger partial charge in [0.15, 0.2) is 0 Å². The predicted molar refractivity (Wildman–Crippen MR) is 49.6 cm³/mol. The van der Waals surface area contributed by atoms with Crippen LogP contribution in [0, 0.1) is 0 Å². The first-order valence-corrected chi connectivity index (χ1v) is 4.19. The smallest absolute Gasteiger partial charge is 0.347 e. The van der Waals surface area contributed by atoms with Crippen LogP contribution in [-0.4, -0.2) is 29.0 Å². The highest BCUT2D eigenvalue weighted by Crippen LogP contribution is 2.22. The van der Waals surface area contributed by atoms with Crippen LogP contribution in [0.3, 0.4) is 0 Å². The zero-order valence-electron chi connectivity index (χ0n) is 7.72. The van der Waals surface area contributed by atoms with Crippen LogP contribution in [0.4, 0.5) is 5.82 Å². The molecule has 0 aromatic carbocycles. The van der Waals surface area contributed by atoms with Crippen LogP contribution in [0.25, 0.3) is 0 Å². The summed E-state index contributed by atoms with van der Waals surface area (Å²) in [6.45, 7) is 1.64. The van der Waals surface area contributed by atoms with Crippen LogP contribution in [0.15, 0.2) is 4.79 Å². The number of hydrogen-bond acceptors (Lipinski definition) is 4. The summed E-state index contributed by atoms with van der Waals surface area (Å²) in [5.74, 6) is 0.697. The first kappa shape index (κ1) is 8.25. The molecule has 0 aliphatic carbocycles. The molecule has 0 fully saturated rings. The Balaban J connectivity index is 2.56. The van der Waals surface area contributed by atoms with Gasteiger partial charge in [0, 0.05) is 31.4 Å². The van der Waals surface area contributed by atoms with Crippen molar-refractivity contribution in [2.75, 3.05) is 19.4 Å². The fraction of sp³-hybridized carbons (Fsp3) is 0.500. The van der Waals surface area contributed by atoms with E-state index in [4.69, 9.17) is 0 Å². The van der Waals surface area contributed by atoms with E-state index >= 15 is 0 Å². The van der Waals surface area contributed by atoms with Crippen molar-refractivity contribution in [1.82, 2.24) is 14.9 Å². The first-order valence-electron chi connectivity index (χ1n) is 4.19. The molecule has 0 bridgehead atoms. The van der Waals surface area contributed by atoms with E-state index in [-0.39, 0.29) is 5.69 Å². The van der Waals surface area contributed by atoms with Gasteiger partial charge in [0.2, 0.25) is 0 Å². The number of fused-ring (bicyclic) bond motifs is 1. The number of anilines is 1. The molecule has 2 rings (SSSR count). The minimum absolute atomic E-state index is 0.279. The van der Waals surface area contributed by atoms with Gasteiger partial charge in [-0.25, -0.2) is 4.79 Å². The molecule has 1 aromatic heterocycles. The van der Waals surface area contributed by atoms with E-state index in [0.29, 0.717) is 5.82 Å². The van der Waals surface area contributed by atoms with E-state index in [1.165, 1.54) is 0 Å². The third-order valence-electron chi connectivity index (χ3n) is 2.21. The van der Waals surface area contributed by atoms with E-state index in [0.717, 1.165) is 24.3 Å². The van der Waals surface area contributed by atoms with Gasteiger partial charge in [0.05, 0.1) is 0 Å². The molecule has 1 aliphatic rings. The molecule has 0 saturated carbocycles. The molecule has 0 spiro atoms. The van der Waals surface area contributed by atoms with Crippen molar-refractivity contribution < 1.29 is 0 Å². The van der Waals surface area contributed by atoms with Crippen molar-refractivity contribution in [2.45, 2.75) is 13.1 Å². The summed E-state index contributed by atoms with van der Waals surface area (Å²) < 4.78 is 0. The molecule has 5 nitrogen and oxygen atoms in total. The number of rotatable bonds is 1. The summed E-state index contributed by atoms with van der Waals surface area (Å²) >= 11 is 0. The SMILES string of the molecule is CNc1nc(=O)[nH]c2c1CN(C)C2. The quantitative estimate of drug-likeness (QED) is 0.626. The van der Waals surface area contributed by atoms with Gasteiger partial charge in [0.1, 0.15) is 5.82 Å². The van der Waals surface area contributed by atoms with Crippen LogP contribution in [0.1, 0.15) is 11.3 Å². The predicted octanol–water partition coefficient (Wildman–Crippen LogP) is -0.243. The molecule has 5 heteroatoms. The standard InChI is InChI=1S/C8H12N4O/c1-9-7-5-3-12(2)4-6(5)10-8(13)11-7/h3-4H2,1-2H3,(H2,9,10,11,13). The van der Waals surface area contributed by atoms with Crippen LogP contribution in [-0.2, 0) is 13.1 Å². The highest BCUT2D eigenvalue weighted by atomic mass is 16.1. The molecule has 70 valence electrons. The molecule has 0 radical (unpaired) electrons. The highest BCUT2D eigenvalue weighted by molar-refractivity contribution is 5.46. The maximum absolute atomic E-state index is 11.1. The maximum atomic E-state index is 11.1. The van der Waals surface area contributed by atoms with Crippen molar-refractivity contribution in [3.8, 4) is 0 Å². The van der Waals surface area contributed by atoms with E-state index in [1.54, 1.807) is 7.05 Å². The molecular formula is C8H12N4O. The van der Waals surface area contributed by atoms with Gasteiger partial charge >= 0.3 is 5.69 Å². The average Bonchev–Trinajstić information content (AvgIpc) is 2.43. The summed E-state index contributed by atoms with van der Waals surface area (Å²) in [4.78, 5) is 19.8. The molecule has 0 saturated heterocycles. The Bertz CT molecular complexity index is 384. The molecule has 0 atom stereocenters. The van der Waals surface area contributed by atoms with Gasteiger partial charge in [-0.15, -0.1) is 0 Å². The molecule has 2 heterocycles. The van der Waals surface area contributed by atoms with Crippen molar-refractivity contribution in [3.05, 3.63) is 21.7 Å². The summed E-state index contributed by atoms with van der Waals surface area (Å²) in [7, 11) is 3.79. The topological polar surface area (TPSA) is 61.0 Å². The highest BCUT2D eigenvalue weighted by Gasteiger charge is 2.20. The van der Waals surface area contributed by atoms with Gasteiger partial charge in [-0.05, 0) is 7.05 Å². The molecule has 13 heavy (non-hydrogen) atoms. The Morgan fingerprint density at radius 3 is 3.00 bits per heavy atom. The number of H-pyrrole nitrogens is 1. The first-order chi connectivity index (χ1) is 6.20. The molecule has 0 amide bonds. The van der Waals surface area contributed by atoms with Crippen molar-refractivity contribution in [1.29, 1.82) is 0 Å². The zero-order chi connectivity index (χ0) is 9.42. The molecule has 1 aliphatic heterocycles. The van der Waals surface area contributed by atoms with Crippen molar-refractivity contribution in [3.63, 3.8) is 0 Å². The molecule has 2 N–H and O–H groups in total. The largest absolute Gasteiger partial charge is 0.373 e. The Kier molecular flexibility index (Phi) is 1.81. The summed E-state index contributed by atoms with van der Waals surface area (Å²) in [5.41, 5.74) is 1.80. The lowest BCUT2D eigenvalue weighted by Gasteiger charge is -2.04. The Hall–Kier alpha value is -1.36. The van der Waals surface area contributed by atoms with Crippen molar-refractivity contribution >= 4 is 5.82 Å². The summed E-state index contributed by atoms with van der Waals surface area (Å²) in [5, 5.41) is 2.93.